The minimum atomic E-state index is 0.0107. The molecule has 1 aliphatic heterocycles. The molecule has 0 radical (unpaired) electrons. The van der Waals surface area contributed by atoms with E-state index in [1.54, 1.807) is 18.0 Å². The molecule has 0 saturated carbocycles. The van der Waals surface area contributed by atoms with Gasteiger partial charge in [-0.2, -0.15) is 0 Å². The summed E-state index contributed by atoms with van der Waals surface area (Å²) in [6, 6.07) is 11.8. The average molecular weight is 379 g/mol. The summed E-state index contributed by atoms with van der Waals surface area (Å²) in [5.74, 6) is 1.50. The number of aromatic nitrogens is 2. The van der Waals surface area contributed by atoms with E-state index in [0.29, 0.717) is 11.3 Å². The first-order valence-corrected chi connectivity index (χ1v) is 10.0. The van der Waals surface area contributed by atoms with Crippen molar-refractivity contribution in [3.05, 3.63) is 70.7 Å². The highest BCUT2D eigenvalue weighted by Gasteiger charge is 2.25. The number of hydrogen-bond acceptors (Lipinski definition) is 5. The molecule has 27 heavy (non-hydrogen) atoms. The predicted molar refractivity (Wildman–Crippen MR) is 106 cm³/mol. The van der Waals surface area contributed by atoms with Crippen molar-refractivity contribution in [2.45, 2.75) is 37.5 Å². The molecule has 5 nitrogen and oxygen atoms in total. The zero-order chi connectivity index (χ0) is 18.8. The second kappa shape index (κ2) is 7.56. The van der Waals surface area contributed by atoms with Gasteiger partial charge >= 0.3 is 0 Å². The lowest BCUT2D eigenvalue weighted by molar-refractivity contribution is 0.0981. The number of para-hydroxylation sites is 1. The van der Waals surface area contributed by atoms with Gasteiger partial charge in [-0.1, -0.05) is 23.4 Å². The summed E-state index contributed by atoms with van der Waals surface area (Å²) in [6.45, 7) is 4.57. The van der Waals surface area contributed by atoms with Gasteiger partial charge in [0.05, 0.1) is 11.3 Å². The first-order valence-electron chi connectivity index (χ1n) is 9.04. The number of amides is 1. The summed E-state index contributed by atoms with van der Waals surface area (Å²) in [5, 5.41) is 4.74. The molecule has 0 bridgehead atoms. The molecule has 0 N–H and O–H groups in total. The van der Waals surface area contributed by atoms with Crippen LogP contribution in [-0.4, -0.2) is 22.6 Å². The van der Waals surface area contributed by atoms with E-state index in [-0.39, 0.29) is 5.91 Å². The van der Waals surface area contributed by atoms with E-state index < -0.39 is 0 Å². The van der Waals surface area contributed by atoms with Gasteiger partial charge in [-0.05, 0) is 50.5 Å². The standard InChI is InChI=1S/C21H21N3O2S/c1-14-18(15(2)26-23-14)13-27-20-17(9-5-11-22-20)21(25)24-12-6-8-16-7-3-4-10-19(16)24/h3-5,7,9-11H,6,8,12-13H2,1-2H3. The van der Waals surface area contributed by atoms with Gasteiger partial charge in [-0.15, -0.1) is 11.8 Å². The van der Waals surface area contributed by atoms with Gasteiger partial charge in [0.2, 0.25) is 0 Å². The number of aryl methyl sites for hydroxylation is 3. The van der Waals surface area contributed by atoms with Crippen molar-refractivity contribution < 1.29 is 9.32 Å². The SMILES string of the molecule is Cc1noc(C)c1CSc1ncccc1C(=O)N1CCCc2ccccc21. The maximum absolute atomic E-state index is 13.3. The van der Waals surface area contributed by atoms with Crippen LogP contribution in [0.25, 0.3) is 0 Å². The van der Waals surface area contributed by atoms with E-state index in [4.69, 9.17) is 4.52 Å². The number of carbonyl (C=O) groups is 1. The summed E-state index contributed by atoms with van der Waals surface area (Å²) < 4.78 is 5.24. The molecule has 6 heteroatoms. The van der Waals surface area contributed by atoms with Crippen LogP contribution < -0.4 is 4.90 Å². The Hall–Kier alpha value is -2.60. The van der Waals surface area contributed by atoms with E-state index >= 15 is 0 Å². The highest BCUT2D eigenvalue weighted by Crippen LogP contribution is 2.31. The topological polar surface area (TPSA) is 59.2 Å². The van der Waals surface area contributed by atoms with Gasteiger partial charge in [0, 0.05) is 29.7 Å². The zero-order valence-corrected chi connectivity index (χ0v) is 16.3. The summed E-state index contributed by atoms with van der Waals surface area (Å²) in [7, 11) is 0. The fourth-order valence-corrected chi connectivity index (χ4v) is 4.55. The van der Waals surface area contributed by atoms with Gasteiger partial charge in [-0.3, -0.25) is 4.79 Å². The Morgan fingerprint density at radius 2 is 2.07 bits per heavy atom. The Balaban J connectivity index is 1.61. The van der Waals surface area contributed by atoms with Gasteiger partial charge in [-0.25, -0.2) is 4.98 Å². The molecule has 3 heterocycles. The second-order valence-corrected chi connectivity index (χ2v) is 7.60. The number of carbonyl (C=O) groups excluding carboxylic acids is 1. The van der Waals surface area contributed by atoms with Crippen LogP contribution in [0.3, 0.4) is 0 Å². The largest absolute Gasteiger partial charge is 0.361 e. The highest BCUT2D eigenvalue weighted by atomic mass is 32.2. The predicted octanol–water partition coefficient (Wildman–Crippen LogP) is 4.57. The number of anilines is 1. The molecule has 1 amide bonds. The van der Waals surface area contributed by atoms with Crippen molar-refractivity contribution in [2.75, 3.05) is 11.4 Å². The Bertz CT molecular complexity index is 964. The molecule has 4 rings (SSSR count). The molecule has 138 valence electrons. The molecule has 2 aromatic heterocycles. The van der Waals surface area contributed by atoms with Gasteiger partial charge in [0.15, 0.2) is 0 Å². The molecule has 0 saturated heterocycles. The average Bonchev–Trinajstić information content (AvgIpc) is 3.03. The number of thioether (sulfide) groups is 1. The fourth-order valence-electron chi connectivity index (χ4n) is 3.41. The number of rotatable bonds is 4. The van der Waals surface area contributed by atoms with Gasteiger partial charge < -0.3 is 9.42 Å². The lowest BCUT2D eigenvalue weighted by atomic mass is 10.0. The summed E-state index contributed by atoms with van der Waals surface area (Å²) >= 11 is 1.55. The van der Waals surface area contributed by atoms with Crippen LogP contribution in [0.1, 0.15) is 39.4 Å². The smallest absolute Gasteiger partial charge is 0.261 e. The van der Waals surface area contributed by atoms with Crippen molar-refractivity contribution >= 4 is 23.4 Å². The number of nitrogens with zero attached hydrogens (tertiary/aromatic N) is 3. The van der Waals surface area contributed by atoms with Crippen LogP contribution in [0.15, 0.2) is 52.1 Å². The summed E-state index contributed by atoms with van der Waals surface area (Å²) in [5.41, 5.74) is 4.83. The summed E-state index contributed by atoms with van der Waals surface area (Å²) in [4.78, 5) is 19.7. The first kappa shape index (κ1) is 17.8. The summed E-state index contributed by atoms with van der Waals surface area (Å²) in [6.07, 6.45) is 3.72. The lowest BCUT2D eigenvalue weighted by Crippen LogP contribution is -2.35. The maximum atomic E-state index is 13.3. The van der Waals surface area contributed by atoms with Crippen molar-refractivity contribution in [1.82, 2.24) is 10.1 Å². The number of hydrogen-bond donors (Lipinski definition) is 0. The monoisotopic (exact) mass is 379 g/mol. The molecule has 0 spiro atoms. The third-order valence-electron chi connectivity index (χ3n) is 4.89. The number of benzene rings is 1. The van der Waals surface area contributed by atoms with E-state index in [2.05, 4.69) is 16.2 Å². The van der Waals surface area contributed by atoms with Crippen molar-refractivity contribution in [1.29, 1.82) is 0 Å². The van der Waals surface area contributed by atoms with Crippen LogP contribution in [0, 0.1) is 13.8 Å². The Morgan fingerprint density at radius 1 is 1.22 bits per heavy atom. The van der Waals surface area contributed by atoms with E-state index in [1.165, 1.54) is 5.56 Å². The quantitative estimate of drug-likeness (QED) is 0.622. The molecule has 1 aromatic carbocycles. The number of fused-ring (bicyclic) bond motifs is 1. The number of pyridine rings is 1. The maximum Gasteiger partial charge on any atom is 0.261 e. The molecule has 1 aliphatic rings. The first-order chi connectivity index (χ1) is 13.1. The van der Waals surface area contributed by atoms with Crippen LogP contribution in [0.4, 0.5) is 5.69 Å². The third-order valence-corrected chi connectivity index (χ3v) is 5.92. The molecule has 0 atom stereocenters. The Kier molecular flexibility index (Phi) is 4.99. The molecule has 3 aromatic rings. The van der Waals surface area contributed by atoms with Crippen LogP contribution in [-0.2, 0) is 12.2 Å². The normalized spacial score (nSPS) is 13.5. The molecular formula is C21H21N3O2S. The van der Waals surface area contributed by atoms with Gasteiger partial charge in [0.25, 0.3) is 5.91 Å². The van der Waals surface area contributed by atoms with E-state index in [1.807, 2.05) is 49.1 Å². The van der Waals surface area contributed by atoms with E-state index in [0.717, 1.165) is 47.1 Å². The minimum absolute atomic E-state index is 0.0107. The van der Waals surface area contributed by atoms with Gasteiger partial charge in [0.1, 0.15) is 10.8 Å². The van der Waals surface area contributed by atoms with Crippen molar-refractivity contribution in [2.24, 2.45) is 0 Å². The van der Waals surface area contributed by atoms with Crippen molar-refractivity contribution in [3.63, 3.8) is 0 Å². The Labute approximate surface area is 162 Å². The molecule has 0 aliphatic carbocycles. The second-order valence-electron chi connectivity index (χ2n) is 6.64. The fraction of sp³-hybridized carbons (Fsp3) is 0.286. The van der Waals surface area contributed by atoms with Crippen molar-refractivity contribution in [3.8, 4) is 0 Å². The highest BCUT2D eigenvalue weighted by molar-refractivity contribution is 7.98. The minimum Gasteiger partial charge on any atom is -0.361 e. The van der Waals surface area contributed by atoms with Crippen LogP contribution >= 0.6 is 11.8 Å². The lowest BCUT2D eigenvalue weighted by Gasteiger charge is -2.29. The Morgan fingerprint density at radius 3 is 2.89 bits per heavy atom. The van der Waals surface area contributed by atoms with E-state index in [9.17, 15) is 4.79 Å². The molecule has 0 unspecified atom stereocenters. The zero-order valence-electron chi connectivity index (χ0n) is 15.4. The molecule has 0 fully saturated rings. The molecular weight excluding hydrogens is 358 g/mol. The van der Waals surface area contributed by atoms with Crippen LogP contribution in [0.2, 0.25) is 0 Å². The third kappa shape index (κ3) is 3.49. The van der Waals surface area contributed by atoms with Crippen LogP contribution in [0.5, 0.6) is 0 Å².